The van der Waals surface area contributed by atoms with Gasteiger partial charge in [-0.1, -0.05) is 17.7 Å². The van der Waals surface area contributed by atoms with Crippen molar-refractivity contribution in [1.82, 2.24) is 4.90 Å². The molecule has 0 unspecified atom stereocenters. The molecule has 2 heterocycles. The molecular weight excluding hydrogens is 469 g/mol. The minimum Gasteiger partial charge on any atom is -0.449 e. The highest BCUT2D eigenvalue weighted by Gasteiger charge is 2.31. The monoisotopic (exact) mass is 484 g/mol. The number of amides is 1. The molecule has 12 heteroatoms. The average Bonchev–Trinajstić information content (AvgIpc) is 3.15. The van der Waals surface area contributed by atoms with Crippen LogP contribution in [0.2, 0.25) is 5.02 Å². The summed E-state index contributed by atoms with van der Waals surface area (Å²) in [5.41, 5.74) is 1.11. The first-order valence-electron chi connectivity index (χ1n) is 9.63. The Kier molecular flexibility index (Phi) is 5.98. The predicted octanol–water partition coefficient (Wildman–Crippen LogP) is 5.00. The Balaban J connectivity index is 1.45. The van der Waals surface area contributed by atoms with Crippen molar-refractivity contribution in [2.24, 2.45) is 0 Å². The number of fused-ring (bicyclic) bond motifs is 1. The molecule has 1 N–H and O–H groups in total. The summed E-state index contributed by atoms with van der Waals surface area (Å²) in [6, 6.07) is 9.67. The zero-order valence-corrected chi connectivity index (χ0v) is 17.5. The lowest BCUT2D eigenvalue weighted by atomic mass is 10.1. The van der Waals surface area contributed by atoms with E-state index >= 15 is 0 Å². The van der Waals surface area contributed by atoms with Crippen LogP contribution in [-0.4, -0.2) is 54.6 Å². The molecule has 33 heavy (non-hydrogen) atoms. The second-order valence-electron chi connectivity index (χ2n) is 7.10. The number of hydrogen-bond acceptors (Lipinski definition) is 6. The van der Waals surface area contributed by atoms with Gasteiger partial charge in [0.25, 0.3) is 11.9 Å². The van der Waals surface area contributed by atoms with Crippen LogP contribution in [0.4, 0.5) is 23.7 Å². The van der Waals surface area contributed by atoms with Crippen LogP contribution in [-0.2, 0) is 0 Å². The molecule has 1 aliphatic heterocycles. The first-order chi connectivity index (χ1) is 15.6. The second kappa shape index (κ2) is 8.74. The van der Waals surface area contributed by atoms with E-state index in [1.165, 1.54) is 23.1 Å². The third-order valence-corrected chi connectivity index (χ3v) is 5.40. The van der Waals surface area contributed by atoms with E-state index in [1.54, 1.807) is 12.1 Å². The lowest BCUT2D eigenvalue weighted by Gasteiger charge is -2.36. The molecule has 4 rings (SSSR count). The number of carbonyl (C=O) groups excluding carboxylic acids is 1. The first kappa shape index (κ1) is 22.6. The molecule has 1 amide bonds. The van der Waals surface area contributed by atoms with Crippen molar-refractivity contribution in [1.29, 1.82) is 0 Å². The number of rotatable bonds is 4. The Labute approximate surface area is 189 Å². The minimum absolute atomic E-state index is 0.0917. The van der Waals surface area contributed by atoms with E-state index in [2.05, 4.69) is 9.47 Å². The average molecular weight is 485 g/mol. The van der Waals surface area contributed by atoms with Crippen LogP contribution in [0.15, 0.2) is 46.9 Å². The molecule has 0 atom stereocenters. The largest absolute Gasteiger partial charge is 0.573 e. The third-order valence-electron chi connectivity index (χ3n) is 5.00. The van der Waals surface area contributed by atoms with Crippen molar-refractivity contribution in [3.63, 3.8) is 0 Å². The molecule has 1 aromatic heterocycles. The SMILES string of the molecule is O=C(O)Oc1cc2c(Cl)c(N3CCN(C(=O)c4cccc(OC(F)(F)F)c4)CC3)ccc2o1. The van der Waals surface area contributed by atoms with Crippen LogP contribution < -0.4 is 14.4 Å². The molecule has 2 aromatic carbocycles. The van der Waals surface area contributed by atoms with Gasteiger partial charge >= 0.3 is 12.5 Å². The Morgan fingerprint density at radius 3 is 2.45 bits per heavy atom. The molecule has 0 aliphatic carbocycles. The van der Waals surface area contributed by atoms with Crippen molar-refractivity contribution in [2.45, 2.75) is 6.36 Å². The molecule has 0 radical (unpaired) electrons. The number of furan rings is 1. The van der Waals surface area contributed by atoms with Gasteiger partial charge in [-0.25, -0.2) is 4.79 Å². The number of nitrogens with zero attached hydrogens (tertiary/aromatic N) is 2. The van der Waals surface area contributed by atoms with Gasteiger partial charge in [-0.2, -0.15) is 0 Å². The van der Waals surface area contributed by atoms with E-state index in [1.807, 2.05) is 4.90 Å². The number of carbonyl (C=O) groups is 2. The number of halogens is 4. The van der Waals surface area contributed by atoms with Crippen LogP contribution in [0, 0.1) is 0 Å². The number of ether oxygens (including phenoxy) is 2. The lowest BCUT2D eigenvalue weighted by molar-refractivity contribution is -0.274. The highest BCUT2D eigenvalue weighted by atomic mass is 35.5. The molecule has 1 fully saturated rings. The Bertz CT molecular complexity index is 1200. The fourth-order valence-electron chi connectivity index (χ4n) is 3.58. The predicted molar refractivity (Wildman–Crippen MR) is 111 cm³/mol. The Morgan fingerprint density at radius 1 is 1.06 bits per heavy atom. The van der Waals surface area contributed by atoms with E-state index < -0.39 is 24.2 Å². The van der Waals surface area contributed by atoms with E-state index in [9.17, 15) is 22.8 Å². The van der Waals surface area contributed by atoms with Crippen molar-refractivity contribution >= 4 is 40.3 Å². The molecular formula is C21H16ClF3N2O6. The van der Waals surface area contributed by atoms with Gasteiger partial charge < -0.3 is 28.8 Å². The fraction of sp³-hybridized carbons (Fsp3) is 0.238. The van der Waals surface area contributed by atoms with Crippen molar-refractivity contribution < 1.29 is 41.8 Å². The molecule has 174 valence electrons. The van der Waals surface area contributed by atoms with Crippen LogP contribution in [0.1, 0.15) is 10.4 Å². The Morgan fingerprint density at radius 2 is 1.79 bits per heavy atom. The molecule has 3 aromatic rings. The van der Waals surface area contributed by atoms with Gasteiger partial charge in [-0.3, -0.25) is 4.79 Å². The van der Waals surface area contributed by atoms with Gasteiger partial charge in [0.1, 0.15) is 11.3 Å². The summed E-state index contributed by atoms with van der Waals surface area (Å²) in [6.45, 7) is 1.48. The van der Waals surface area contributed by atoms with Crippen LogP contribution in [0.3, 0.4) is 0 Å². The van der Waals surface area contributed by atoms with Crippen LogP contribution in [0.25, 0.3) is 11.0 Å². The maximum atomic E-state index is 12.8. The van der Waals surface area contributed by atoms with Gasteiger partial charge in [0, 0.05) is 43.2 Å². The van der Waals surface area contributed by atoms with Gasteiger partial charge in [0.05, 0.1) is 10.7 Å². The van der Waals surface area contributed by atoms with E-state index in [4.69, 9.17) is 21.1 Å². The van der Waals surface area contributed by atoms with Crippen molar-refractivity contribution in [3.05, 3.63) is 53.1 Å². The van der Waals surface area contributed by atoms with E-state index in [-0.39, 0.29) is 11.5 Å². The quantitative estimate of drug-likeness (QED) is 0.521. The summed E-state index contributed by atoms with van der Waals surface area (Å²) < 4.78 is 51.0. The summed E-state index contributed by atoms with van der Waals surface area (Å²) in [7, 11) is 0. The number of carboxylic acid groups (broad SMARTS) is 1. The smallest absolute Gasteiger partial charge is 0.449 e. The lowest BCUT2D eigenvalue weighted by Crippen LogP contribution is -2.48. The van der Waals surface area contributed by atoms with Crippen molar-refractivity contribution in [3.8, 4) is 11.7 Å². The second-order valence-corrected chi connectivity index (χ2v) is 7.48. The molecule has 1 aliphatic rings. The van der Waals surface area contributed by atoms with Gasteiger partial charge in [0.2, 0.25) is 0 Å². The molecule has 1 saturated heterocycles. The highest BCUT2D eigenvalue weighted by molar-refractivity contribution is 6.38. The third kappa shape index (κ3) is 5.08. The number of piperazine rings is 1. The standard InChI is InChI=1S/C21H16ClF3N2O6/c22-18-14-11-17(32-20(29)30)31-16(14)5-4-15(18)26-6-8-27(9-7-26)19(28)12-2-1-3-13(10-12)33-21(23,24)25/h1-5,10-11H,6-9H2,(H,29,30). The number of hydrogen-bond donors (Lipinski definition) is 1. The van der Waals surface area contributed by atoms with Crippen LogP contribution in [0.5, 0.6) is 11.7 Å². The van der Waals surface area contributed by atoms with Gasteiger partial charge in [-0.05, 0) is 30.3 Å². The normalized spacial score (nSPS) is 14.4. The number of alkyl halides is 3. The van der Waals surface area contributed by atoms with Gasteiger partial charge in [0.15, 0.2) is 0 Å². The number of benzene rings is 2. The summed E-state index contributed by atoms with van der Waals surface area (Å²) in [5.74, 6) is -1.07. The fourth-order valence-corrected chi connectivity index (χ4v) is 3.91. The summed E-state index contributed by atoms with van der Waals surface area (Å²) in [4.78, 5) is 26.9. The maximum Gasteiger partial charge on any atom is 0.573 e. The highest BCUT2D eigenvalue weighted by Crippen LogP contribution is 2.37. The number of anilines is 1. The molecule has 0 bridgehead atoms. The molecule has 0 saturated carbocycles. The summed E-state index contributed by atoms with van der Waals surface area (Å²) in [5, 5.41) is 9.54. The molecule has 8 nitrogen and oxygen atoms in total. The summed E-state index contributed by atoms with van der Waals surface area (Å²) in [6.07, 6.45) is -6.36. The zero-order chi connectivity index (χ0) is 23.8. The van der Waals surface area contributed by atoms with Crippen molar-refractivity contribution in [2.75, 3.05) is 31.1 Å². The first-order valence-corrected chi connectivity index (χ1v) is 10.0. The maximum absolute atomic E-state index is 12.8. The van der Waals surface area contributed by atoms with E-state index in [0.29, 0.717) is 47.9 Å². The molecule has 0 spiro atoms. The van der Waals surface area contributed by atoms with Crippen LogP contribution >= 0.6 is 11.6 Å². The zero-order valence-electron chi connectivity index (χ0n) is 16.8. The van der Waals surface area contributed by atoms with E-state index in [0.717, 1.165) is 12.1 Å². The topological polar surface area (TPSA) is 92.5 Å². The minimum atomic E-state index is -4.84. The summed E-state index contributed by atoms with van der Waals surface area (Å²) >= 11 is 6.50. The van der Waals surface area contributed by atoms with Gasteiger partial charge in [-0.15, -0.1) is 13.2 Å². The Hall–Kier alpha value is -3.60.